The molecule has 3 aromatic rings. The van der Waals surface area contributed by atoms with Crippen LogP contribution in [0.25, 0.3) is 0 Å². The minimum absolute atomic E-state index is 0.121. The minimum Gasteiger partial charge on any atom is -0.494 e. The van der Waals surface area contributed by atoms with Crippen LogP contribution in [0.15, 0.2) is 76.5 Å². The number of ether oxygens (including phenoxy) is 1. The van der Waals surface area contributed by atoms with Gasteiger partial charge in [-0.2, -0.15) is 0 Å². The van der Waals surface area contributed by atoms with Gasteiger partial charge in [0.2, 0.25) is 5.91 Å². The number of sulfonamides is 1. The average Bonchev–Trinajstić information content (AvgIpc) is 2.84. The van der Waals surface area contributed by atoms with Gasteiger partial charge in [-0.25, -0.2) is 8.42 Å². The Morgan fingerprint density at radius 3 is 2.26 bits per heavy atom. The number of benzene rings is 3. The van der Waals surface area contributed by atoms with Crippen molar-refractivity contribution in [1.82, 2.24) is 0 Å². The zero-order chi connectivity index (χ0) is 25.6. The van der Waals surface area contributed by atoms with Crippen LogP contribution in [0.5, 0.6) is 5.75 Å². The molecule has 1 N–H and O–H groups in total. The summed E-state index contributed by atoms with van der Waals surface area (Å²) in [6.45, 7) is 8.05. The van der Waals surface area contributed by atoms with Crippen LogP contribution in [-0.4, -0.2) is 33.7 Å². The highest BCUT2D eigenvalue weighted by Crippen LogP contribution is 2.29. The molecule has 186 valence electrons. The maximum atomic E-state index is 13.7. The molecule has 35 heavy (non-hydrogen) atoms. The molecular weight excluding hydrogens is 480 g/mol. The second kappa shape index (κ2) is 11.6. The van der Waals surface area contributed by atoms with Crippen molar-refractivity contribution in [3.63, 3.8) is 0 Å². The maximum Gasteiger partial charge on any atom is 0.264 e. The van der Waals surface area contributed by atoms with Crippen LogP contribution in [0, 0.1) is 6.92 Å². The first-order valence-electron chi connectivity index (χ1n) is 11.5. The molecule has 0 saturated carbocycles. The Bertz CT molecular complexity index is 1260. The molecule has 0 aliphatic rings. The van der Waals surface area contributed by atoms with Gasteiger partial charge in [0, 0.05) is 10.6 Å². The molecule has 6 nitrogen and oxygen atoms in total. The lowest BCUT2D eigenvalue weighted by atomic mass is 9.98. The average molecular weight is 513 g/mol. The standard InChI is InChI=1S/C27H32N2O4S2/c1-6-33-22-12-10-21(11-13-22)29(35(31,32)24-16-14-23(34-5)15-17-24)18-26(30)28-27-20(4)8-7-9-25(27)19(2)3/h7-17,19H,6,18H2,1-5H3,(H,28,30). The van der Waals surface area contributed by atoms with Crippen molar-refractivity contribution in [2.75, 3.05) is 29.0 Å². The number of anilines is 2. The zero-order valence-corrected chi connectivity index (χ0v) is 22.4. The number of amides is 1. The summed E-state index contributed by atoms with van der Waals surface area (Å²) in [5, 5.41) is 2.96. The first-order valence-corrected chi connectivity index (χ1v) is 14.1. The number of carbonyl (C=O) groups excluding carboxylic acids is 1. The van der Waals surface area contributed by atoms with Crippen molar-refractivity contribution in [3.8, 4) is 5.75 Å². The van der Waals surface area contributed by atoms with Gasteiger partial charge in [-0.15, -0.1) is 11.8 Å². The minimum atomic E-state index is -4.01. The third-order valence-corrected chi connectivity index (χ3v) is 8.09. The Labute approximate surface area is 212 Å². The zero-order valence-electron chi connectivity index (χ0n) is 20.7. The predicted octanol–water partition coefficient (Wildman–Crippen LogP) is 6.07. The molecule has 0 saturated heterocycles. The summed E-state index contributed by atoms with van der Waals surface area (Å²) < 4.78 is 34.0. The molecule has 8 heteroatoms. The number of para-hydroxylation sites is 1. The molecule has 0 spiro atoms. The van der Waals surface area contributed by atoms with Crippen LogP contribution >= 0.6 is 11.8 Å². The molecule has 3 aromatic carbocycles. The van der Waals surface area contributed by atoms with E-state index in [-0.39, 0.29) is 17.4 Å². The fourth-order valence-corrected chi connectivity index (χ4v) is 5.55. The molecule has 3 rings (SSSR count). The van der Waals surface area contributed by atoms with Crippen LogP contribution < -0.4 is 14.4 Å². The van der Waals surface area contributed by atoms with Crippen molar-refractivity contribution in [3.05, 3.63) is 77.9 Å². The predicted molar refractivity (Wildman–Crippen MR) is 144 cm³/mol. The summed E-state index contributed by atoms with van der Waals surface area (Å²) in [5.74, 6) is 0.411. The van der Waals surface area contributed by atoms with E-state index in [0.29, 0.717) is 18.0 Å². The number of nitrogens with one attached hydrogen (secondary N) is 1. The van der Waals surface area contributed by atoms with E-state index in [9.17, 15) is 13.2 Å². The molecule has 1 amide bonds. The first-order chi connectivity index (χ1) is 16.7. The smallest absolute Gasteiger partial charge is 0.264 e. The SMILES string of the molecule is CCOc1ccc(N(CC(=O)Nc2c(C)cccc2C(C)C)S(=O)(=O)c2ccc(SC)cc2)cc1. The number of nitrogens with zero attached hydrogens (tertiary/aromatic N) is 1. The molecule has 0 unspecified atom stereocenters. The lowest BCUT2D eigenvalue weighted by molar-refractivity contribution is -0.114. The van der Waals surface area contributed by atoms with E-state index in [1.807, 2.05) is 38.3 Å². The molecule has 0 aliphatic heterocycles. The lowest BCUT2D eigenvalue weighted by Crippen LogP contribution is -2.38. The van der Waals surface area contributed by atoms with Crippen molar-refractivity contribution in [2.24, 2.45) is 0 Å². The summed E-state index contributed by atoms with van der Waals surface area (Å²) in [5.41, 5.74) is 3.03. The van der Waals surface area contributed by atoms with Gasteiger partial charge in [0.25, 0.3) is 10.0 Å². The molecular formula is C27H32N2O4S2. The van der Waals surface area contributed by atoms with Crippen LogP contribution in [-0.2, 0) is 14.8 Å². The monoisotopic (exact) mass is 512 g/mol. The molecule has 0 fully saturated rings. The van der Waals surface area contributed by atoms with Gasteiger partial charge in [-0.05, 0) is 85.7 Å². The highest BCUT2D eigenvalue weighted by Gasteiger charge is 2.28. The van der Waals surface area contributed by atoms with Crippen molar-refractivity contribution < 1.29 is 17.9 Å². The Morgan fingerprint density at radius 1 is 1.03 bits per heavy atom. The van der Waals surface area contributed by atoms with Gasteiger partial charge >= 0.3 is 0 Å². The van der Waals surface area contributed by atoms with Gasteiger partial charge in [0.15, 0.2) is 0 Å². The van der Waals surface area contributed by atoms with Crippen LogP contribution in [0.4, 0.5) is 11.4 Å². The summed E-state index contributed by atoms with van der Waals surface area (Å²) >= 11 is 1.53. The molecule has 0 aromatic heterocycles. The Balaban J connectivity index is 1.98. The number of hydrogen-bond acceptors (Lipinski definition) is 5. The fraction of sp³-hybridized carbons (Fsp3) is 0.296. The van der Waals surface area contributed by atoms with E-state index in [4.69, 9.17) is 4.74 Å². The van der Waals surface area contributed by atoms with Crippen LogP contribution in [0.2, 0.25) is 0 Å². The fourth-order valence-electron chi connectivity index (χ4n) is 3.72. The van der Waals surface area contributed by atoms with E-state index in [1.165, 1.54) is 11.8 Å². The molecule has 0 bridgehead atoms. The summed E-state index contributed by atoms with van der Waals surface area (Å²) in [4.78, 5) is 14.3. The van der Waals surface area contributed by atoms with Crippen LogP contribution in [0.3, 0.4) is 0 Å². The molecule has 0 heterocycles. The van der Waals surface area contributed by atoms with Gasteiger partial charge in [-0.1, -0.05) is 32.0 Å². The quantitative estimate of drug-likeness (QED) is 0.334. The molecule has 0 radical (unpaired) electrons. The number of carbonyl (C=O) groups is 1. The van der Waals surface area contributed by atoms with Gasteiger partial charge in [0.05, 0.1) is 17.2 Å². The van der Waals surface area contributed by atoms with E-state index in [2.05, 4.69) is 19.2 Å². The van der Waals surface area contributed by atoms with E-state index >= 15 is 0 Å². The van der Waals surface area contributed by atoms with E-state index in [1.54, 1.807) is 48.5 Å². The maximum absolute atomic E-state index is 13.7. The Hall–Kier alpha value is -2.97. The normalized spacial score (nSPS) is 11.4. The van der Waals surface area contributed by atoms with Crippen molar-refractivity contribution >= 4 is 39.1 Å². The Morgan fingerprint density at radius 2 is 1.69 bits per heavy atom. The second-order valence-corrected chi connectivity index (χ2v) is 11.1. The summed E-state index contributed by atoms with van der Waals surface area (Å²) in [6.07, 6.45) is 1.93. The molecule has 0 atom stereocenters. The largest absolute Gasteiger partial charge is 0.494 e. The Kier molecular flexibility index (Phi) is 8.86. The number of rotatable bonds is 10. The van der Waals surface area contributed by atoms with Crippen molar-refractivity contribution in [1.29, 1.82) is 0 Å². The summed E-state index contributed by atoms with van der Waals surface area (Å²) in [7, 11) is -4.01. The van der Waals surface area contributed by atoms with Gasteiger partial charge < -0.3 is 10.1 Å². The second-order valence-electron chi connectivity index (χ2n) is 8.36. The summed E-state index contributed by atoms with van der Waals surface area (Å²) in [6, 6.07) is 19.2. The molecule has 0 aliphatic carbocycles. The lowest BCUT2D eigenvalue weighted by Gasteiger charge is -2.25. The number of aryl methyl sites for hydroxylation is 1. The van der Waals surface area contributed by atoms with Crippen LogP contribution in [0.1, 0.15) is 37.8 Å². The van der Waals surface area contributed by atoms with E-state index in [0.717, 1.165) is 26.0 Å². The van der Waals surface area contributed by atoms with Crippen molar-refractivity contribution in [2.45, 2.75) is 43.4 Å². The first kappa shape index (κ1) is 26.6. The number of hydrogen-bond donors (Lipinski definition) is 1. The highest BCUT2D eigenvalue weighted by atomic mass is 32.2. The van der Waals surface area contributed by atoms with Gasteiger partial charge in [0.1, 0.15) is 12.3 Å². The third-order valence-electron chi connectivity index (χ3n) is 5.56. The van der Waals surface area contributed by atoms with E-state index < -0.39 is 15.9 Å². The third kappa shape index (κ3) is 6.38. The van der Waals surface area contributed by atoms with Gasteiger partial charge in [-0.3, -0.25) is 9.10 Å². The number of thioether (sulfide) groups is 1. The topological polar surface area (TPSA) is 75.7 Å². The highest BCUT2D eigenvalue weighted by molar-refractivity contribution is 7.98.